The lowest BCUT2D eigenvalue weighted by Gasteiger charge is -2.75. The zero-order valence-electron chi connectivity index (χ0n) is 21.3. The molecule has 4 bridgehead atoms. The molecule has 6 aliphatic rings. The summed E-state index contributed by atoms with van der Waals surface area (Å²) in [5, 5.41) is 25.3. The summed E-state index contributed by atoms with van der Waals surface area (Å²) < 4.78 is 13.4. The van der Waals surface area contributed by atoms with Crippen LogP contribution in [0, 0.1) is 11.3 Å². The van der Waals surface area contributed by atoms with Crippen LogP contribution in [-0.2, 0) is 23.0 Å². The summed E-state index contributed by atoms with van der Waals surface area (Å²) in [6, 6.07) is 8.54. The maximum atomic E-state index is 12.2. The smallest absolute Gasteiger partial charge is 0.165 e. The molecular formula is C30H37NO4S. The van der Waals surface area contributed by atoms with Crippen LogP contribution < -0.4 is 4.74 Å². The molecule has 0 amide bonds. The lowest BCUT2D eigenvalue weighted by atomic mass is 9.33. The van der Waals surface area contributed by atoms with Gasteiger partial charge < -0.3 is 19.7 Å². The molecule has 7 unspecified atom stereocenters. The Balaban J connectivity index is 1.39. The zero-order valence-corrected chi connectivity index (χ0v) is 22.2. The summed E-state index contributed by atoms with van der Waals surface area (Å²) >= 11 is 1.76. The first-order valence-electron chi connectivity index (χ1n) is 13.5. The van der Waals surface area contributed by atoms with E-state index < -0.39 is 11.2 Å². The predicted octanol–water partition coefficient (Wildman–Crippen LogP) is 4.84. The van der Waals surface area contributed by atoms with Crippen molar-refractivity contribution in [2.75, 3.05) is 20.2 Å². The Bertz CT molecular complexity index is 1210. The van der Waals surface area contributed by atoms with Gasteiger partial charge in [0.15, 0.2) is 11.5 Å². The monoisotopic (exact) mass is 507 g/mol. The van der Waals surface area contributed by atoms with Crippen LogP contribution in [-0.4, -0.2) is 58.7 Å². The third kappa shape index (κ3) is 2.62. The molecule has 7 atom stereocenters. The number of piperidine rings is 1. The number of aromatic hydroxyl groups is 1. The van der Waals surface area contributed by atoms with Crippen molar-refractivity contribution in [1.29, 1.82) is 0 Å². The molecule has 8 rings (SSSR count). The molecule has 1 aromatic heterocycles. The highest BCUT2D eigenvalue weighted by molar-refractivity contribution is 7.09. The molecule has 0 radical (unpaired) electrons. The minimum Gasteiger partial charge on any atom is -0.504 e. The third-order valence-corrected chi connectivity index (χ3v) is 12.0. The maximum absolute atomic E-state index is 12.2. The number of rotatable bonds is 7. The van der Waals surface area contributed by atoms with Crippen molar-refractivity contribution in [1.82, 2.24) is 4.90 Å². The molecule has 36 heavy (non-hydrogen) atoms. The zero-order chi connectivity index (χ0) is 24.9. The van der Waals surface area contributed by atoms with Crippen molar-refractivity contribution < 1.29 is 19.7 Å². The number of ether oxygens (including phenoxy) is 2. The number of hydrogen-bond acceptors (Lipinski definition) is 6. The molecule has 2 N–H and O–H groups in total. The number of aryl methyl sites for hydroxylation is 1. The second kappa shape index (κ2) is 7.59. The van der Waals surface area contributed by atoms with Gasteiger partial charge in [0.25, 0.3) is 0 Å². The predicted molar refractivity (Wildman–Crippen MR) is 141 cm³/mol. The van der Waals surface area contributed by atoms with Crippen LogP contribution in [0.5, 0.6) is 11.5 Å². The first-order chi connectivity index (χ1) is 17.3. The van der Waals surface area contributed by atoms with Crippen molar-refractivity contribution in [2.45, 2.75) is 80.6 Å². The number of phenolic OH excluding ortho intramolecular Hbond substituents is 1. The largest absolute Gasteiger partial charge is 0.504 e. The van der Waals surface area contributed by atoms with E-state index in [1.54, 1.807) is 11.3 Å². The van der Waals surface area contributed by atoms with Crippen molar-refractivity contribution in [3.8, 4) is 11.5 Å². The highest BCUT2D eigenvalue weighted by Crippen LogP contribution is 2.77. The molecule has 4 fully saturated rings. The topological polar surface area (TPSA) is 62.2 Å². The second-order valence-electron chi connectivity index (χ2n) is 12.2. The molecule has 3 saturated carbocycles. The SMILES string of the molecule is C=CCN1CCC23c4c5ccc(O)c4OC2C2(OC)CCC3(CC2C(C)(O)CCc2cccs2)C1C5. The van der Waals surface area contributed by atoms with Crippen LogP contribution in [0.3, 0.4) is 0 Å². The Labute approximate surface area is 217 Å². The molecule has 2 aromatic rings. The summed E-state index contributed by atoms with van der Waals surface area (Å²) in [7, 11) is 1.82. The van der Waals surface area contributed by atoms with E-state index in [0.29, 0.717) is 18.2 Å². The quantitative estimate of drug-likeness (QED) is 0.526. The van der Waals surface area contributed by atoms with Gasteiger partial charge in [-0.25, -0.2) is 0 Å². The van der Waals surface area contributed by atoms with Crippen LogP contribution in [0.1, 0.15) is 55.0 Å². The summed E-state index contributed by atoms with van der Waals surface area (Å²) in [6.07, 6.45) is 8.19. The van der Waals surface area contributed by atoms with Crippen LogP contribution in [0.2, 0.25) is 0 Å². The number of hydrogen-bond donors (Lipinski definition) is 2. The number of likely N-dealkylation sites (tertiary alicyclic amines) is 1. The number of methoxy groups -OCH3 is 1. The first kappa shape index (κ1) is 23.3. The van der Waals surface area contributed by atoms with Crippen molar-refractivity contribution in [3.05, 3.63) is 58.3 Å². The van der Waals surface area contributed by atoms with E-state index in [1.165, 1.54) is 16.0 Å². The molecule has 192 valence electrons. The van der Waals surface area contributed by atoms with Gasteiger partial charge in [-0.05, 0) is 81.5 Å². The molecular weight excluding hydrogens is 470 g/mol. The number of benzene rings is 1. The van der Waals surface area contributed by atoms with Crippen molar-refractivity contribution >= 4 is 11.3 Å². The molecule has 4 aliphatic carbocycles. The van der Waals surface area contributed by atoms with Gasteiger partial charge in [-0.15, -0.1) is 17.9 Å². The maximum Gasteiger partial charge on any atom is 0.165 e. The number of nitrogens with zero attached hydrogens (tertiary/aromatic N) is 1. The number of fused-ring (bicyclic) bond motifs is 2. The summed E-state index contributed by atoms with van der Waals surface area (Å²) in [6.45, 7) is 7.97. The lowest BCUT2D eigenvalue weighted by molar-refractivity contribution is -0.302. The second-order valence-corrected chi connectivity index (χ2v) is 13.2. The summed E-state index contributed by atoms with van der Waals surface area (Å²) in [5.74, 6) is 0.872. The van der Waals surface area contributed by atoms with Crippen molar-refractivity contribution in [3.63, 3.8) is 0 Å². The molecule has 2 aliphatic heterocycles. The highest BCUT2D eigenvalue weighted by atomic mass is 32.1. The van der Waals surface area contributed by atoms with E-state index in [4.69, 9.17) is 9.47 Å². The van der Waals surface area contributed by atoms with Crippen molar-refractivity contribution in [2.24, 2.45) is 11.3 Å². The summed E-state index contributed by atoms with van der Waals surface area (Å²) in [4.78, 5) is 3.94. The van der Waals surface area contributed by atoms with Gasteiger partial charge in [-0.2, -0.15) is 0 Å². The average Bonchev–Trinajstić information content (AvgIpc) is 3.52. The van der Waals surface area contributed by atoms with E-state index in [-0.39, 0.29) is 28.6 Å². The van der Waals surface area contributed by atoms with E-state index in [9.17, 15) is 10.2 Å². The molecule has 1 aromatic carbocycles. The lowest BCUT2D eigenvalue weighted by Crippen LogP contribution is -2.82. The van der Waals surface area contributed by atoms with Gasteiger partial charge in [0, 0.05) is 46.9 Å². The van der Waals surface area contributed by atoms with Gasteiger partial charge in [0.1, 0.15) is 11.7 Å². The third-order valence-electron chi connectivity index (χ3n) is 11.0. The molecule has 6 heteroatoms. The van der Waals surface area contributed by atoms with Gasteiger partial charge in [-0.3, -0.25) is 4.90 Å². The Kier molecular flexibility index (Phi) is 4.91. The fourth-order valence-corrected chi connectivity index (χ4v) is 10.4. The Morgan fingerprint density at radius 1 is 1.31 bits per heavy atom. The minimum atomic E-state index is -0.896. The van der Waals surface area contributed by atoms with E-state index >= 15 is 0 Å². The minimum absolute atomic E-state index is 0.0250. The standard InChI is InChI=1S/C30H37NO4S/c1-4-14-31-15-13-29-24-19-7-8-21(32)25(24)35-26(29)30(34-3)12-11-28(29,23(31)17-19)18-22(30)27(2,33)10-9-20-6-5-16-36-20/h4-8,16,22-23,26,32-33H,1,9-15,17-18H2,2-3H3. The van der Waals surface area contributed by atoms with Gasteiger partial charge in [0.05, 0.1) is 5.60 Å². The van der Waals surface area contributed by atoms with Crippen LogP contribution in [0.25, 0.3) is 0 Å². The van der Waals surface area contributed by atoms with Crippen LogP contribution in [0.15, 0.2) is 42.3 Å². The van der Waals surface area contributed by atoms with E-state index in [0.717, 1.165) is 51.6 Å². The number of thiophene rings is 1. The highest BCUT2D eigenvalue weighted by Gasteiger charge is 2.81. The summed E-state index contributed by atoms with van der Waals surface area (Å²) in [5.41, 5.74) is 0.863. The number of phenols is 1. The van der Waals surface area contributed by atoms with Crippen LogP contribution in [0.4, 0.5) is 0 Å². The van der Waals surface area contributed by atoms with E-state index in [2.05, 4.69) is 35.1 Å². The fraction of sp³-hybridized carbons (Fsp3) is 0.600. The fourth-order valence-electron chi connectivity index (χ4n) is 9.67. The molecule has 3 heterocycles. The Morgan fingerprint density at radius 2 is 2.17 bits per heavy atom. The van der Waals surface area contributed by atoms with Crippen LogP contribution >= 0.6 is 11.3 Å². The van der Waals surface area contributed by atoms with Gasteiger partial charge in [-0.1, -0.05) is 18.2 Å². The molecule has 5 nitrogen and oxygen atoms in total. The normalized spacial score (nSPS) is 39.4. The Hall–Kier alpha value is -1.86. The molecule has 2 spiro atoms. The molecule has 1 saturated heterocycles. The number of aliphatic hydroxyl groups is 1. The average molecular weight is 508 g/mol. The first-order valence-corrected chi connectivity index (χ1v) is 14.4. The van der Waals surface area contributed by atoms with E-state index in [1.807, 2.05) is 26.2 Å². The van der Waals surface area contributed by atoms with Gasteiger partial charge in [0.2, 0.25) is 0 Å². The van der Waals surface area contributed by atoms with Gasteiger partial charge >= 0.3 is 0 Å². The Morgan fingerprint density at radius 3 is 2.92 bits per heavy atom.